The second kappa shape index (κ2) is 8.49. The first-order valence-electron chi connectivity index (χ1n) is 9.44. The fourth-order valence-electron chi connectivity index (χ4n) is 3.17. The summed E-state index contributed by atoms with van der Waals surface area (Å²) in [7, 11) is 0. The van der Waals surface area contributed by atoms with Crippen molar-refractivity contribution in [3.63, 3.8) is 0 Å². The molecule has 30 heavy (non-hydrogen) atoms. The molecule has 0 atom stereocenters. The average Bonchev–Trinajstić information content (AvgIpc) is 3.31. The number of rotatable bonds is 6. The van der Waals surface area contributed by atoms with Crippen molar-refractivity contribution < 1.29 is 9.21 Å². The Morgan fingerprint density at radius 3 is 2.80 bits per heavy atom. The number of hydrogen-bond donors (Lipinski definition) is 1. The summed E-state index contributed by atoms with van der Waals surface area (Å²) in [6, 6.07) is 11.2. The lowest BCUT2D eigenvalue weighted by Crippen LogP contribution is -2.24. The minimum absolute atomic E-state index is 0.111. The van der Waals surface area contributed by atoms with E-state index in [1.54, 1.807) is 16.9 Å². The molecule has 0 saturated heterocycles. The third-order valence-corrected chi connectivity index (χ3v) is 6.86. The second-order valence-corrected chi connectivity index (χ2v) is 9.18. The van der Waals surface area contributed by atoms with Crippen LogP contribution in [0.1, 0.15) is 21.8 Å². The molecule has 0 aliphatic rings. The normalized spacial score (nSPS) is 11.2. The van der Waals surface area contributed by atoms with Crippen LogP contribution < -0.4 is 10.9 Å². The molecule has 0 unspecified atom stereocenters. The molecule has 0 aliphatic heterocycles. The topological polar surface area (TPSA) is 77.1 Å². The van der Waals surface area contributed by atoms with Crippen LogP contribution in [0.15, 0.2) is 57.0 Å². The molecule has 0 fully saturated rings. The highest BCUT2D eigenvalue weighted by atomic mass is 32.2. The van der Waals surface area contributed by atoms with Crippen LogP contribution in [0.5, 0.6) is 0 Å². The molecule has 8 heteroatoms. The van der Waals surface area contributed by atoms with E-state index in [-0.39, 0.29) is 23.8 Å². The van der Waals surface area contributed by atoms with Gasteiger partial charge in [-0.25, -0.2) is 4.98 Å². The van der Waals surface area contributed by atoms with Crippen molar-refractivity contribution >= 4 is 44.9 Å². The van der Waals surface area contributed by atoms with Crippen LogP contribution >= 0.6 is 23.1 Å². The molecule has 1 aromatic carbocycles. The number of aryl methyl sites for hydroxylation is 3. The molecule has 3 aromatic heterocycles. The van der Waals surface area contributed by atoms with Gasteiger partial charge in [0.2, 0.25) is 5.91 Å². The molecule has 1 amide bonds. The quantitative estimate of drug-likeness (QED) is 0.346. The van der Waals surface area contributed by atoms with Crippen molar-refractivity contribution in [1.82, 2.24) is 9.55 Å². The number of aromatic nitrogens is 2. The lowest BCUT2D eigenvalue weighted by atomic mass is 10.2. The first-order chi connectivity index (χ1) is 14.4. The number of nitrogens with one attached hydrogen (secondary N) is 1. The molecule has 3 heterocycles. The number of hydrogen-bond acceptors (Lipinski definition) is 6. The molecule has 1 N–H and O–H groups in total. The van der Waals surface area contributed by atoms with E-state index in [1.165, 1.54) is 23.1 Å². The maximum atomic E-state index is 13.3. The van der Waals surface area contributed by atoms with Crippen molar-refractivity contribution in [2.75, 3.05) is 11.1 Å². The number of anilines is 1. The van der Waals surface area contributed by atoms with E-state index in [0.717, 1.165) is 21.7 Å². The molecular formula is C22H21N3O3S2. The van der Waals surface area contributed by atoms with Gasteiger partial charge in [-0.1, -0.05) is 23.9 Å². The van der Waals surface area contributed by atoms with Crippen molar-refractivity contribution in [3.05, 3.63) is 74.8 Å². The van der Waals surface area contributed by atoms with Crippen LogP contribution in [-0.2, 0) is 11.3 Å². The summed E-state index contributed by atoms with van der Waals surface area (Å²) < 4.78 is 7.03. The van der Waals surface area contributed by atoms with Crippen LogP contribution in [0.2, 0.25) is 0 Å². The van der Waals surface area contributed by atoms with Crippen LogP contribution in [0.25, 0.3) is 10.2 Å². The smallest absolute Gasteiger partial charge is 0.263 e. The lowest BCUT2D eigenvalue weighted by Gasteiger charge is -2.11. The molecule has 0 aliphatic carbocycles. The molecule has 0 bridgehead atoms. The van der Waals surface area contributed by atoms with Crippen molar-refractivity contribution in [1.29, 1.82) is 0 Å². The largest absolute Gasteiger partial charge is 0.467 e. The summed E-state index contributed by atoms with van der Waals surface area (Å²) in [5, 5.41) is 4.03. The fourth-order valence-corrected chi connectivity index (χ4v) is 5.04. The van der Waals surface area contributed by atoms with Crippen LogP contribution in [-0.4, -0.2) is 21.2 Å². The first-order valence-corrected chi connectivity index (χ1v) is 11.2. The number of furan rings is 1. The van der Waals surface area contributed by atoms with Crippen LogP contribution in [0.3, 0.4) is 0 Å². The summed E-state index contributed by atoms with van der Waals surface area (Å²) in [6.07, 6.45) is 1.58. The summed E-state index contributed by atoms with van der Waals surface area (Å²) in [5.74, 6) is 0.657. The van der Waals surface area contributed by atoms with Gasteiger partial charge in [-0.2, -0.15) is 0 Å². The molecular weight excluding hydrogens is 418 g/mol. The van der Waals surface area contributed by atoms with Gasteiger partial charge in [-0.05, 0) is 56.2 Å². The summed E-state index contributed by atoms with van der Waals surface area (Å²) >= 11 is 2.75. The third kappa shape index (κ3) is 4.20. The minimum Gasteiger partial charge on any atom is -0.467 e. The molecule has 6 nitrogen and oxygen atoms in total. The Kier molecular flexibility index (Phi) is 5.78. The zero-order valence-corrected chi connectivity index (χ0v) is 18.5. The number of nitrogens with zero attached hydrogens (tertiary/aromatic N) is 2. The Labute approximate surface area is 181 Å². The highest BCUT2D eigenvalue weighted by Crippen LogP contribution is 2.28. The first kappa shape index (κ1) is 20.4. The Hall–Kier alpha value is -2.84. The van der Waals surface area contributed by atoms with Gasteiger partial charge in [0.1, 0.15) is 10.6 Å². The van der Waals surface area contributed by atoms with Gasteiger partial charge in [0, 0.05) is 10.6 Å². The zero-order valence-electron chi connectivity index (χ0n) is 16.9. The average molecular weight is 440 g/mol. The molecule has 4 aromatic rings. The predicted molar refractivity (Wildman–Crippen MR) is 122 cm³/mol. The van der Waals surface area contributed by atoms with Gasteiger partial charge in [-0.3, -0.25) is 14.2 Å². The predicted octanol–water partition coefficient (Wildman–Crippen LogP) is 4.76. The minimum atomic E-state index is -0.150. The number of carbonyl (C=O) groups is 1. The monoisotopic (exact) mass is 439 g/mol. The van der Waals surface area contributed by atoms with Gasteiger partial charge in [0.15, 0.2) is 5.16 Å². The summed E-state index contributed by atoms with van der Waals surface area (Å²) in [5.41, 5.74) is 2.67. The number of benzene rings is 1. The molecule has 154 valence electrons. The van der Waals surface area contributed by atoms with Gasteiger partial charge >= 0.3 is 0 Å². The highest BCUT2D eigenvalue weighted by molar-refractivity contribution is 7.99. The highest BCUT2D eigenvalue weighted by Gasteiger charge is 2.18. The van der Waals surface area contributed by atoms with Crippen LogP contribution in [0, 0.1) is 20.8 Å². The van der Waals surface area contributed by atoms with Crippen molar-refractivity contribution in [2.45, 2.75) is 32.5 Å². The van der Waals surface area contributed by atoms with E-state index in [4.69, 9.17) is 9.40 Å². The maximum Gasteiger partial charge on any atom is 0.263 e. The SMILES string of the molecule is Cc1cccc(NC(=O)CSc2nc3sc(C)c(C)c3c(=O)n2Cc2ccco2)c1. The fraction of sp³-hybridized carbons (Fsp3) is 0.227. The van der Waals surface area contributed by atoms with E-state index < -0.39 is 0 Å². The molecule has 0 radical (unpaired) electrons. The number of thioether (sulfide) groups is 1. The Balaban J connectivity index is 1.63. The van der Waals surface area contributed by atoms with Crippen molar-refractivity contribution in [2.24, 2.45) is 0 Å². The summed E-state index contributed by atoms with van der Waals surface area (Å²) in [6.45, 7) is 6.17. The van der Waals surface area contributed by atoms with E-state index in [1.807, 2.05) is 51.1 Å². The van der Waals surface area contributed by atoms with Gasteiger partial charge in [-0.15, -0.1) is 11.3 Å². The number of fused-ring (bicyclic) bond motifs is 1. The van der Waals surface area contributed by atoms with Gasteiger partial charge in [0.05, 0.1) is 23.9 Å². The number of thiophene rings is 1. The molecule has 0 saturated carbocycles. The Morgan fingerprint density at radius 2 is 2.07 bits per heavy atom. The van der Waals surface area contributed by atoms with E-state index >= 15 is 0 Å². The van der Waals surface area contributed by atoms with Crippen LogP contribution in [0.4, 0.5) is 5.69 Å². The van der Waals surface area contributed by atoms with E-state index in [2.05, 4.69) is 5.32 Å². The van der Waals surface area contributed by atoms with E-state index in [9.17, 15) is 9.59 Å². The zero-order chi connectivity index (χ0) is 21.3. The van der Waals surface area contributed by atoms with Gasteiger partial charge in [0.25, 0.3) is 5.56 Å². The molecule has 0 spiro atoms. The lowest BCUT2D eigenvalue weighted by molar-refractivity contribution is -0.113. The van der Waals surface area contributed by atoms with E-state index in [0.29, 0.717) is 21.1 Å². The Bertz CT molecular complexity index is 1270. The summed E-state index contributed by atoms with van der Waals surface area (Å²) in [4.78, 5) is 32.2. The maximum absolute atomic E-state index is 13.3. The Morgan fingerprint density at radius 1 is 1.23 bits per heavy atom. The van der Waals surface area contributed by atoms with Gasteiger partial charge < -0.3 is 9.73 Å². The number of amides is 1. The van der Waals surface area contributed by atoms with Crippen molar-refractivity contribution in [3.8, 4) is 0 Å². The second-order valence-electron chi connectivity index (χ2n) is 7.03. The third-order valence-electron chi connectivity index (χ3n) is 4.78. The molecule has 4 rings (SSSR count). The standard InChI is InChI=1S/C22H21N3O3S2/c1-13-6-4-7-16(10-13)23-18(26)12-29-22-24-20-19(14(2)15(3)30-20)21(27)25(22)11-17-8-5-9-28-17/h4-10H,11-12H2,1-3H3,(H,23,26). The number of carbonyl (C=O) groups excluding carboxylic acids is 1.